The van der Waals surface area contributed by atoms with E-state index in [1.54, 1.807) is 0 Å². The molecule has 0 N–H and O–H groups in total. The third-order valence-corrected chi connectivity index (χ3v) is 3.87. The molecule has 0 radical (unpaired) electrons. The van der Waals surface area contributed by atoms with Crippen LogP contribution in [0.25, 0.3) is 0 Å². The van der Waals surface area contributed by atoms with E-state index in [1.165, 1.54) is 25.9 Å². The molecule has 8 nitrogen and oxygen atoms in total. The summed E-state index contributed by atoms with van der Waals surface area (Å²) in [4.78, 5) is 51.3. The number of amides is 1. The molecular formula is C16H24N2O6. The number of likely N-dealkylation sites (N-methyl/N-ethyl adjacent to an activating group) is 1. The largest absolute Gasteiger partial charge is 0.467 e. The summed E-state index contributed by atoms with van der Waals surface area (Å²) in [6.07, 6.45) is 0.982. The maximum absolute atomic E-state index is 12.6. The van der Waals surface area contributed by atoms with Crippen molar-refractivity contribution < 1.29 is 28.7 Å². The molecule has 134 valence electrons. The highest BCUT2D eigenvalue weighted by Crippen LogP contribution is 2.21. The average Bonchev–Trinajstić information content (AvgIpc) is 2.57. The van der Waals surface area contributed by atoms with Gasteiger partial charge >= 0.3 is 11.9 Å². The van der Waals surface area contributed by atoms with Gasteiger partial charge in [-0.05, 0) is 20.9 Å². The second kappa shape index (κ2) is 8.05. The molecule has 1 aliphatic rings. The fourth-order valence-corrected chi connectivity index (χ4v) is 2.30. The number of ketones is 1. The van der Waals surface area contributed by atoms with E-state index in [9.17, 15) is 19.2 Å². The van der Waals surface area contributed by atoms with Gasteiger partial charge in [0.1, 0.15) is 12.6 Å². The maximum Gasteiger partial charge on any atom is 0.330 e. The molecule has 0 aliphatic carbocycles. The molecule has 1 atom stereocenters. The zero-order valence-electron chi connectivity index (χ0n) is 14.5. The lowest BCUT2D eigenvalue weighted by Gasteiger charge is -2.38. The fraction of sp³-hybridized carbons (Fsp3) is 0.625. The minimum Gasteiger partial charge on any atom is -0.467 e. The van der Waals surface area contributed by atoms with Crippen molar-refractivity contribution in [3.8, 4) is 0 Å². The Kier molecular flexibility index (Phi) is 6.65. The Morgan fingerprint density at radius 1 is 1.25 bits per heavy atom. The Bertz CT molecular complexity index is 543. The van der Waals surface area contributed by atoms with Crippen LogP contribution in [0, 0.1) is 5.41 Å². The first kappa shape index (κ1) is 19.8. The van der Waals surface area contributed by atoms with E-state index >= 15 is 0 Å². The summed E-state index contributed by atoms with van der Waals surface area (Å²) in [5, 5.41) is 0. The van der Waals surface area contributed by atoms with Crippen molar-refractivity contribution in [1.29, 1.82) is 0 Å². The molecule has 1 fully saturated rings. The first-order valence-corrected chi connectivity index (χ1v) is 7.55. The normalized spacial score (nSPS) is 18.7. The number of hydrogen-bond donors (Lipinski definition) is 0. The Morgan fingerprint density at radius 2 is 1.88 bits per heavy atom. The topological polar surface area (TPSA) is 93.2 Å². The summed E-state index contributed by atoms with van der Waals surface area (Å²) >= 11 is 0. The van der Waals surface area contributed by atoms with E-state index in [0.717, 1.165) is 6.08 Å². The molecule has 0 bridgehead atoms. The number of hydrogen-bond acceptors (Lipinski definition) is 7. The molecule has 24 heavy (non-hydrogen) atoms. The van der Waals surface area contributed by atoms with Gasteiger partial charge in [-0.25, -0.2) is 9.59 Å². The van der Waals surface area contributed by atoms with Crippen molar-refractivity contribution in [2.24, 2.45) is 5.41 Å². The predicted molar refractivity (Wildman–Crippen MR) is 85.0 cm³/mol. The first-order chi connectivity index (χ1) is 11.1. The van der Waals surface area contributed by atoms with Gasteiger partial charge < -0.3 is 19.3 Å². The monoisotopic (exact) mass is 340 g/mol. The van der Waals surface area contributed by atoms with Gasteiger partial charge in [0.15, 0.2) is 0 Å². The second-order valence-corrected chi connectivity index (χ2v) is 6.32. The van der Waals surface area contributed by atoms with E-state index in [2.05, 4.69) is 6.58 Å². The van der Waals surface area contributed by atoms with Gasteiger partial charge in [-0.3, -0.25) is 9.59 Å². The fourth-order valence-electron chi connectivity index (χ4n) is 2.30. The van der Waals surface area contributed by atoms with Gasteiger partial charge in [-0.15, -0.1) is 0 Å². The van der Waals surface area contributed by atoms with Crippen LogP contribution in [0.5, 0.6) is 0 Å². The summed E-state index contributed by atoms with van der Waals surface area (Å²) in [5.41, 5.74) is -1.21. The lowest BCUT2D eigenvalue weighted by molar-refractivity contribution is -0.162. The summed E-state index contributed by atoms with van der Waals surface area (Å²) < 4.78 is 9.60. The highest BCUT2D eigenvalue weighted by atomic mass is 16.5. The van der Waals surface area contributed by atoms with Crippen LogP contribution < -0.4 is 0 Å². The molecule has 8 heteroatoms. The van der Waals surface area contributed by atoms with E-state index in [0.29, 0.717) is 6.54 Å². The number of carbonyl (C=O) groups is 4. The van der Waals surface area contributed by atoms with Crippen LogP contribution in [0.15, 0.2) is 12.7 Å². The summed E-state index contributed by atoms with van der Waals surface area (Å²) in [6.45, 7) is 7.10. The Labute approximate surface area is 141 Å². The quantitative estimate of drug-likeness (QED) is 0.370. The predicted octanol–water partition coefficient (Wildman–Crippen LogP) is -0.373. The molecule has 0 unspecified atom stereocenters. The summed E-state index contributed by atoms with van der Waals surface area (Å²) in [7, 11) is 3.05. The number of nitrogens with zero attached hydrogens (tertiary/aromatic N) is 2. The van der Waals surface area contributed by atoms with Crippen LogP contribution in [0.2, 0.25) is 0 Å². The molecule has 0 spiro atoms. The third kappa shape index (κ3) is 4.64. The highest BCUT2D eigenvalue weighted by Gasteiger charge is 2.42. The van der Waals surface area contributed by atoms with E-state index in [4.69, 9.17) is 9.47 Å². The smallest absolute Gasteiger partial charge is 0.330 e. The van der Waals surface area contributed by atoms with Crippen LogP contribution in [0.3, 0.4) is 0 Å². The molecule has 0 saturated carbocycles. The number of Topliss-reactive ketones (excluding diaryl/α,β-unsaturated/α-hetero) is 1. The van der Waals surface area contributed by atoms with Gasteiger partial charge in [0.25, 0.3) is 5.91 Å². The molecule has 1 aliphatic heterocycles. The van der Waals surface area contributed by atoms with Crippen molar-refractivity contribution in [2.75, 3.05) is 40.4 Å². The molecule has 1 rings (SSSR count). The van der Waals surface area contributed by atoms with E-state index in [-0.39, 0.29) is 19.7 Å². The van der Waals surface area contributed by atoms with Crippen LogP contribution >= 0.6 is 0 Å². The molecular weight excluding hydrogens is 316 g/mol. The standard InChI is InChI=1S/C16H24N2O6/c1-6-12(19)24-10-16(2,3)13(20)14(21)18-8-7-17(4)9-11(18)15(22)23-5/h6,11H,1,7-10H2,2-5H3/t11-/m0/s1. The molecule has 0 aromatic rings. The summed E-state index contributed by atoms with van der Waals surface area (Å²) in [6, 6.07) is -0.836. The average molecular weight is 340 g/mol. The van der Waals surface area contributed by atoms with E-state index in [1.807, 2.05) is 11.9 Å². The van der Waals surface area contributed by atoms with Crippen LogP contribution in [-0.2, 0) is 28.7 Å². The number of piperazine rings is 1. The lowest BCUT2D eigenvalue weighted by atomic mass is 9.88. The number of rotatable bonds is 6. The maximum atomic E-state index is 12.6. The lowest BCUT2D eigenvalue weighted by Crippen LogP contribution is -2.60. The second-order valence-electron chi connectivity index (χ2n) is 6.32. The highest BCUT2D eigenvalue weighted by molar-refractivity contribution is 6.38. The van der Waals surface area contributed by atoms with Gasteiger partial charge in [-0.2, -0.15) is 0 Å². The van der Waals surface area contributed by atoms with Crippen molar-refractivity contribution in [2.45, 2.75) is 19.9 Å². The van der Waals surface area contributed by atoms with Crippen LogP contribution in [-0.4, -0.2) is 79.9 Å². The minimum atomic E-state index is -1.21. The SMILES string of the molecule is C=CC(=O)OCC(C)(C)C(=O)C(=O)N1CCN(C)C[C@H]1C(=O)OC. The first-order valence-electron chi connectivity index (χ1n) is 7.55. The number of esters is 2. The van der Waals surface area contributed by atoms with Gasteiger partial charge in [-0.1, -0.05) is 6.58 Å². The van der Waals surface area contributed by atoms with Crippen molar-refractivity contribution >= 4 is 23.6 Å². The number of methoxy groups -OCH3 is 1. The third-order valence-electron chi connectivity index (χ3n) is 3.87. The minimum absolute atomic E-state index is 0.239. The number of carbonyl (C=O) groups excluding carboxylic acids is 4. The van der Waals surface area contributed by atoms with Crippen molar-refractivity contribution in [3.63, 3.8) is 0 Å². The Hall–Kier alpha value is -2.22. The van der Waals surface area contributed by atoms with Crippen LogP contribution in [0.4, 0.5) is 0 Å². The Balaban J connectivity index is 2.88. The van der Waals surface area contributed by atoms with Crippen molar-refractivity contribution in [1.82, 2.24) is 9.80 Å². The van der Waals surface area contributed by atoms with Gasteiger partial charge in [0.2, 0.25) is 5.78 Å². The Morgan fingerprint density at radius 3 is 2.42 bits per heavy atom. The molecule has 1 heterocycles. The molecule has 1 saturated heterocycles. The molecule has 0 aromatic heterocycles. The summed E-state index contributed by atoms with van der Waals surface area (Å²) in [5.74, 6) is -2.75. The van der Waals surface area contributed by atoms with E-state index < -0.39 is 35.1 Å². The zero-order chi connectivity index (χ0) is 18.5. The van der Waals surface area contributed by atoms with Gasteiger partial charge in [0, 0.05) is 25.7 Å². The molecule has 0 aromatic carbocycles. The molecule has 1 amide bonds. The number of ether oxygens (including phenoxy) is 2. The van der Waals surface area contributed by atoms with Crippen LogP contribution in [0.1, 0.15) is 13.8 Å². The van der Waals surface area contributed by atoms with Crippen molar-refractivity contribution in [3.05, 3.63) is 12.7 Å². The van der Waals surface area contributed by atoms with Gasteiger partial charge in [0.05, 0.1) is 12.5 Å². The zero-order valence-corrected chi connectivity index (χ0v) is 14.5.